The smallest absolute Gasteiger partial charge is 0.318 e. The molecule has 0 radical (unpaired) electrons. The summed E-state index contributed by atoms with van der Waals surface area (Å²) in [5, 5.41) is 1.06. The van der Waals surface area contributed by atoms with Crippen LogP contribution in [0.1, 0.15) is 6.92 Å². The Morgan fingerprint density at radius 3 is 2.90 bits per heavy atom. The monoisotopic (exact) mass is 328 g/mol. The summed E-state index contributed by atoms with van der Waals surface area (Å²) in [7, 11) is 3.03. The topological polar surface area (TPSA) is 53.4 Å². The third-order valence-corrected chi connectivity index (χ3v) is 4.31. The fourth-order valence-electron chi connectivity index (χ4n) is 1.94. The van der Waals surface area contributed by atoms with Crippen molar-refractivity contribution in [2.24, 2.45) is 0 Å². The molecule has 1 heterocycles. The number of esters is 1. The first-order valence-corrected chi connectivity index (χ1v) is 7.71. The predicted octanol–water partition coefficient (Wildman–Crippen LogP) is 2.99. The van der Waals surface area contributed by atoms with E-state index in [0.29, 0.717) is 18.2 Å². The van der Waals surface area contributed by atoms with E-state index < -0.39 is 0 Å². The first-order valence-electron chi connectivity index (χ1n) is 6.46. The number of benzene rings is 1. The first-order chi connectivity index (χ1) is 10.1. The molecule has 114 valence electrons. The van der Waals surface area contributed by atoms with Crippen LogP contribution in [0.5, 0.6) is 0 Å². The minimum Gasteiger partial charge on any atom is -0.468 e. The summed E-state index contributed by atoms with van der Waals surface area (Å²) >= 11 is 7.37. The lowest BCUT2D eigenvalue weighted by molar-refractivity contribution is -0.139. The van der Waals surface area contributed by atoms with Gasteiger partial charge in [0.25, 0.3) is 0 Å². The van der Waals surface area contributed by atoms with Gasteiger partial charge in [-0.15, -0.1) is 0 Å². The number of aromatic nitrogens is 2. The molecule has 0 aliphatic carbocycles. The van der Waals surface area contributed by atoms with E-state index in [1.807, 2.05) is 22.8 Å². The van der Waals surface area contributed by atoms with Crippen LogP contribution in [0.4, 0.5) is 0 Å². The number of hydrogen-bond donors (Lipinski definition) is 0. The van der Waals surface area contributed by atoms with Crippen molar-refractivity contribution in [3.05, 3.63) is 23.2 Å². The normalized spacial score (nSPS) is 12.6. The Morgan fingerprint density at radius 2 is 2.24 bits per heavy atom. The summed E-state index contributed by atoms with van der Waals surface area (Å²) in [6, 6.07) is 5.56. The number of methoxy groups -OCH3 is 2. The third-order valence-electron chi connectivity index (χ3n) is 3.01. The largest absolute Gasteiger partial charge is 0.468 e. The molecule has 1 aromatic heterocycles. The highest BCUT2D eigenvalue weighted by molar-refractivity contribution is 8.00. The van der Waals surface area contributed by atoms with Gasteiger partial charge in [0, 0.05) is 18.7 Å². The molecule has 7 heteroatoms. The number of thioether (sulfide) groups is 1. The maximum Gasteiger partial charge on any atom is 0.318 e. The predicted molar refractivity (Wildman–Crippen MR) is 84.0 cm³/mol. The zero-order chi connectivity index (χ0) is 15.4. The minimum atomic E-state index is -0.330. The van der Waals surface area contributed by atoms with Gasteiger partial charge < -0.3 is 14.0 Å². The van der Waals surface area contributed by atoms with Crippen molar-refractivity contribution >= 4 is 40.4 Å². The molecule has 0 spiro atoms. The zero-order valence-corrected chi connectivity index (χ0v) is 13.7. The molecule has 21 heavy (non-hydrogen) atoms. The molecule has 0 aliphatic rings. The second-order valence-electron chi connectivity index (χ2n) is 4.46. The van der Waals surface area contributed by atoms with E-state index >= 15 is 0 Å². The van der Waals surface area contributed by atoms with Gasteiger partial charge >= 0.3 is 5.97 Å². The Bertz CT molecular complexity index is 644. The molecule has 2 rings (SSSR count). The summed E-state index contributed by atoms with van der Waals surface area (Å²) in [5.74, 6) is -0.275. The van der Waals surface area contributed by atoms with Gasteiger partial charge in [-0.2, -0.15) is 0 Å². The van der Waals surface area contributed by atoms with Crippen molar-refractivity contribution in [2.45, 2.75) is 23.9 Å². The number of carbonyl (C=O) groups is 1. The maximum absolute atomic E-state index is 11.6. The van der Waals surface area contributed by atoms with Gasteiger partial charge in [0.1, 0.15) is 5.25 Å². The molecular formula is C14H17ClN2O3S. The summed E-state index contributed by atoms with van der Waals surface area (Å²) in [6.07, 6.45) is 0. The van der Waals surface area contributed by atoms with Crippen molar-refractivity contribution in [2.75, 3.05) is 20.8 Å². The number of fused-ring (bicyclic) bond motifs is 1. The van der Waals surface area contributed by atoms with Gasteiger partial charge in [-0.1, -0.05) is 23.4 Å². The maximum atomic E-state index is 11.6. The SMILES string of the molecule is COCCn1c(SC(C)C(=O)OC)nc2cc(Cl)ccc21. The molecule has 2 aromatic rings. The van der Waals surface area contributed by atoms with Crippen LogP contribution >= 0.6 is 23.4 Å². The molecule has 0 amide bonds. The summed E-state index contributed by atoms with van der Waals surface area (Å²) in [5.41, 5.74) is 1.77. The van der Waals surface area contributed by atoms with Crippen LogP contribution in [0, 0.1) is 0 Å². The number of nitrogens with zero attached hydrogens (tertiary/aromatic N) is 2. The standard InChI is InChI=1S/C14H17ClN2O3S/c1-9(13(18)20-3)21-14-16-11-8-10(15)4-5-12(11)17(14)6-7-19-2/h4-5,8-9H,6-7H2,1-3H3. The second-order valence-corrected chi connectivity index (χ2v) is 6.20. The molecule has 5 nitrogen and oxygen atoms in total. The summed E-state index contributed by atoms with van der Waals surface area (Å²) < 4.78 is 11.9. The number of halogens is 1. The van der Waals surface area contributed by atoms with E-state index in [4.69, 9.17) is 21.1 Å². The Morgan fingerprint density at radius 1 is 1.48 bits per heavy atom. The lowest BCUT2D eigenvalue weighted by Crippen LogP contribution is -2.16. The van der Waals surface area contributed by atoms with Crippen LogP contribution in [0.25, 0.3) is 11.0 Å². The van der Waals surface area contributed by atoms with E-state index in [0.717, 1.165) is 16.2 Å². The van der Waals surface area contributed by atoms with Crippen molar-refractivity contribution < 1.29 is 14.3 Å². The van der Waals surface area contributed by atoms with Crippen LogP contribution in [0.15, 0.2) is 23.4 Å². The van der Waals surface area contributed by atoms with E-state index in [1.165, 1.54) is 18.9 Å². The number of hydrogen-bond acceptors (Lipinski definition) is 5. The Hall–Kier alpha value is -1.24. The van der Waals surface area contributed by atoms with Gasteiger partial charge in [-0.05, 0) is 25.1 Å². The molecule has 0 bridgehead atoms. The first kappa shape index (κ1) is 16.1. The van der Waals surface area contributed by atoms with Gasteiger partial charge in [-0.3, -0.25) is 4.79 Å². The molecule has 0 saturated carbocycles. The third kappa shape index (κ3) is 3.70. The van der Waals surface area contributed by atoms with Crippen LogP contribution in [0.2, 0.25) is 5.02 Å². The number of imidazole rings is 1. The molecule has 0 aliphatic heterocycles. The lowest BCUT2D eigenvalue weighted by atomic mass is 10.3. The highest BCUT2D eigenvalue weighted by Crippen LogP contribution is 2.29. The second kappa shape index (κ2) is 7.15. The van der Waals surface area contributed by atoms with Gasteiger partial charge in [0.05, 0.1) is 24.8 Å². The van der Waals surface area contributed by atoms with E-state index in [9.17, 15) is 4.79 Å². The minimum absolute atomic E-state index is 0.275. The van der Waals surface area contributed by atoms with Crippen molar-refractivity contribution in [1.82, 2.24) is 9.55 Å². The molecule has 1 atom stereocenters. The van der Waals surface area contributed by atoms with Crippen molar-refractivity contribution in [3.63, 3.8) is 0 Å². The number of carbonyl (C=O) groups excluding carboxylic acids is 1. The molecule has 1 unspecified atom stereocenters. The molecule has 1 aromatic carbocycles. The average molecular weight is 329 g/mol. The van der Waals surface area contributed by atoms with E-state index in [1.54, 1.807) is 14.0 Å². The van der Waals surface area contributed by atoms with Crippen LogP contribution < -0.4 is 0 Å². The van der Waals surface area contributed by atoms with Gasteiger partial charge in [0.15, 0.2) is 5.16 Å². The molecule has 0 saturated heterocycles. The quantitative estimate of drug-likeness (QED) is 0.602. The van der Waals surface area contributed by atoms with Crippen LogP contribution in [-0.4, -0.2) is 41.6 Å². The van der Waals surface area contributed by atoms with E-state index in [-0.39, 0.29) is 11.2 Å². The highest BCUT2D eigenvalue weighted by atomic mass is 35.5. The molecular weight excluding hydrogens is 312 g/mol. The fourth-order valence-corrected chi connectivity index (χ4v) is 3.08. The lowest BCUT2D eigenvalue weighted by Gasteiger charge is -2.11. The van der Waals surface area contributed by atoms with Gasteiger partial charge in [0.2, 0.25) is 0 Å². The zero-order valence-electron chi connectivity index (χ0n) is 12.1. The molecule has 0 N–H and O–H groups in total. The average Bonchev–Trinajstić information content (AvgIpc) is 2.80. The summed E-state index contributed by atoms with van der Waals surface area (Å²) in [6.45, 7) is 3.02. The van der Waals surface area contributed by atoms with Crippen molar-refractivity contribution in [1.29, 1.82) is 0 Å². The number of ether oxygens (including phenoxy) is 2. The van der Waals surface area contributed by atoms with Crippen LogP contribution in [0.3, 0.4) is 0 Å². The van der Waals surface area contributed by atoms with Gasteiger partial charge in [-0.25, -0.2) is 4.98 Å². The Balaban J connectivity index is 2.38. The number of rotatable bonds is 6. The summed E-state index contributed by atoms with van der Waals surface area (Å²) in [4.78, 5) is 16.1. The van der Waals surface area contributed by atoms with Crippen LogP contribution in [-0.2, 0) is 20.8 Å². The Labute approximate surface area is 132 Å². The van der Waals surface area contributed by atoms with E-state index in [2.05, 4.69) is 4.98 Å². The Kier molecular flexibility index (Phi) is 5.50. The highest BCUT2D eigenvalue weighted by Gasteiger charge is 2.19. The van der Waals surface area contributed by atoms with Crippen molar-refractivity contribution in [3.8, 4) is 0 Å². The molecule has 0 fully saturated rings. The fraction of sp³-hybridized carbons (Fsp3) is 0.429.